The molecule has 3 rings (SSSR count). The summed E-state index contributed by atoms with van der Waals surface area (Å²) in [6.45, 7) is 8.05. The first kappa shape index (κ1) is 23.3. The normalized spacial score (nSPS) is 10.7. The van der Waals surface area contributed by atoms with E-state index in [1.54, 1.807) is 38.2 Å². The van der Waals surface area contributed by atoms with Gasteiger partial charge in [0.2, 0.25) is 5.91 Å². The molecule has 0 aliphatic rings. The fourth-order valence-electron chi connectivity index (χ4n) is 3.10. The number of hydrogen-bond acceptors (Lipinski definition) is 6. The number of aromatic nitrogens is 3. The molecule has 0 atom stereocenters. The van der Waals surface area contributed by atoms with Crippen LogP contribution in [0.3, 0.4) is 0 Å². The smallest absolute Gasteiger partial charge is 0.413 e. The number of ether oxygens (including phenoxy) is 1. The molecule has 1 heterocycles. The minimum absolute atomic E-state index is 0.158. The predicted molar refractivity (Wildman–Crippen MR) is 127 cm³/mol. The van der Waals surface area contributed by atoms with Crippen molar-refractivity contribution in [1.82, 2.24) is 14.8 Å². The van der Waals surface area contributed by atoms with Gasteiger partial charge in [-0.3, -0.25) is 14.3 Å². The second-order valence-electron chi connectivity index (χ2n) is 7.30. The molecular weight excluding hydrogens is 426 g/mol. The molecule has 0 saturated carbocycles. The molecule has 0 saturated heterocycles. The van der Waals surface area contributed by atoms with Gasteiger partial charge < -0.3 is 10.1 Å². The third kappa shape index (κ3) is 5.47. The van der Waals surface area contributed by atoms with Gasteiger partial charge in [-0.05, 0) is 69.2 Å². The second kappa shape index (κ2) is 10.3. The van der Waals surface area contributed by atoms with Crippen molar-refractivity contribution in [2.24, 2.45) is 0 Å². The van der Waals surface area contributed by atoms with Crippen molar-refractivity contribution >= 4 is 35.1 Å². The topological polar surface area (TPSA) is 89.3 Å². The molecule has 0 aliphatic carbocycles. The summed E-state index contributed by atoms with van der Waals surface area (Å²) in [6, 6.07) is 13.2. The Kier molecular flexibility index (Phi) is 7.53. The van der Waals surface area contributed by atoms with Crippen LogP contribution in [-0.2, 0) is 9.53 Å². The number of nitrogens with one attached hydrogen (secondary N) is 1. The fourth-order valence-corrected chi connectivity index (χ4v) is 3.89. The van der Waals surface area contributed by atoms with E-state index in [-0.39, 0.29) is 11.7 Å². The van der Waals surface area contributed by atoms with Crippen LogP contribution in [-0.4, -0.2) is 46.2 Å². The highest BCUT2D eigenvalue weighted by Crippen LogP contribution is 2.25. The molecule has 168 valence electrons. The number of amides is 2. The molecule has 2 aromatic carbocycles. The number of benzene rings is 2. The van der Waals surface area contributed by atoms with Crippen LogP contribution < -0.4 is 10.2 Å². The number of thioether (sulfide) groups is 1. The summed E-state index contributed by atoms with van der Waals surface area (Å²) in [5, 5.41) is 12.0. The summed E-state index contributed by atoms with van der Waals surface area (Å²) in [7, 11) is 1.64. The van der Waals surface area contributed by atoms with Crippen LogP contribution in [0.15, 0.2) is 47.6 Å². The van der Waals surface area contributed by atoms with Crippen LogP contribution in [0.2, 0.25) is 0 Å². The standard InChI is InChI=1S/C23H27N5O3S/c1-6-31-23(30)27(5)19-11-9-18(10-12-19)24-21(29)14-32-22-26-25-17(4)28(22)20-13-15(2)7-8-16(20)3/h7-13H,6,14H2,1-5H3,(H,24,29). The number of nitrogens with zero attached hydrogens (tertiary/aromatic N) is 4. The summed E-state index contributed by atoms with van der Waals surface area (Å²) in [6.07, 6.45) is -0.427. The van der Waals surface area contributed by atoms with E-state index in [0.29, 0.717) is 23.1 Å². The molecule has 0 unspecified atom stereocenters. The summed E-state index contributed by atoms with van der Waals surface area (Å²) >= 11 is 1.33. The van der Waals surface area contributed by atoms with Crippen molar-refractivity contribution in [3.8, 4) is 5.69 Å². The molecule has 0 bridgehead atoms. The maximum atomic E-state index is 12.5. The molecule has 8 nitrogen and oxygen atoms in total. The van der Waals surface area contributed by atoms with Crippen LogP contribution in [0, 0.1) is 20.8 Å². The first-order valence-electron chi connectivity index (χ1n) is 10.2. The lowest BCUT2D eigenvalue weighted by molar-refractivity contribution is -0.113. The Bertz CT molecular complexity index is 1110. The third-order valence-corrected chi connectivity index (χ3v) is 5.74. The van der Waals surface area contributed by atoms with Gasteiger partial charge in [0, 0.05) is 18.4 Å². The molecule has 32 heavy (non-hydrogen) atoms. The van der Waals surface area contributed by atoms with Gasteiger partial charge in [-0.25, -0.2) is 4.79 Å². The van der Waals surface area contributed by atoms with E-state index >= 15 is 0 Å². The van der Waals surface area contributed by atoms with Crippen LogP contribution in [0.5, 0.6) is 0 Å². The number of rotatable bonds is 7. The average Bonchev–Trinajstić information content (AvgIpc) is 3.14. The zero-order valence-electron chi connectivity index (χ0n) is 18.9. The zero-order chi connectivity index (χ0) is 23.3. The SMILES string of the molecule is CCOC(=O)N(C)c1ccc(NC(=O)CSc2nnc(C)n2-c2cc(C)ccc2C)cc1. The van der Waals surface area contributed by atoms with Gasteiger partial charge in [0.1, 0.15) is 5.82 Å². The van der Waals surface area contributed by atoms with E-state index in [1.165, 1.54) is 16.7 Å². The quantitative estimate of drug-likeness (QED) is 0.529. The predicted octanol–water partition coefficient (Wildman–Crippen LogP) is 4.52. The lowest BCUT2D eigenvalue weighted by atomic mass is 10.1. The van der Waals surface area contributed by atoms with E-state index < -0.39 is 6.09 Å². The van der Waals surface area contributed by atoms with Gasteiger partial charge in [-0.2, -0.15) is 0 Å². The van der Waals surface area contributed by atoms with Gasteiger partial charge in [0.25, 0.3) is 0 Å². The molecular formula is C23H27N5O3S. The molecule has 0 spiro atoms. The Morgan fingerprint density at radius 1 is 1.09 bits per heavy atom. The first-order chi connectivity index (χ1) is 15.3. The number of carbonyl (C=O) groups is 2. The summed E-state index contributed by atoms with van der Waals surface area (Å²) in [4.78, 5) is 25.7. The van der Waals surface area contributed by atoms with Crippen LogP contribution in [0.25, 0.3) is 5.69 Å². The average molecular weight is 454 g/mol. The Morgan fingerprint density at radius 2 is 1.81 bits per heavy atom. The van der Waals surface area contributed by atoms with Gasteiger partial charge >= 0.3 is 6.09 Å². The Morgan fingerprint density at radius 3 is 2.50 bits per heavy atom. The zero-order valence-corrected chi connectivity index (χ0v) is 19.7. The lowest BCUT2D eigenvalue weighted by Crippen LogP contribution is -2.26. The maximum absolute atomic E-state index is 12.5. The summed E-state index contributed by atoms with van der Waals surface area (Å²) in [5.41, 5.74) is 4.58. The van der Waals surface area contributed by atoms with Crippen molar-refractivity contribution in [2.75, 3.05) is 29.6 Å². The molecule has 9 heteroatoms. The number of aryl methyl sites for hydroxylation is 3. The molecule has 3 aromatic rings. The number of hydrogen-bond donors (Lipinski definition) is 1. The van der Waals surface area contributed by atoms with E-state index in [1.807, 2.05) is 25.3 Å². The van der Waals surface area contributed by atoms with Gasteiger partial charge in [-0.15, -0.1) is 10.2 Å². The molecule has 1 aromatic heterocycles. The number of carbonyl (C=O) groups excluding carboxylic acids is 2. The Balaban J connectivity index is 1.64. The highest BCUT2D eigenvalue weighted by Gasteiger charge is 2.16. The van der Waals surface area contributed by atoms with Gasteiger partial charge in [-0.1, -0.05) is 23.9 Å². The van der Waals surface area contributed by atoms with Crippen molar-refractivity contribution in [1.29, 1.82) is 0 Å². The van der Waals surface area contributed by atoms with E-state index in [2.05, 4.69) is 33.7 Å². The Labute approximate surface area is 192 Å². The van der Waals surface area contributed by atoms with Crippen LogP contribution in [0.4, 0.5) is 16.2 Å². The van der Waals surface area contributed by atoms with E-state index in [4.69, 9.17) is 4.74 Å². The monoisotopic (exact) mass is 453 g/mol. The molecule has 0 fully saturated rings. The van der Waals surface area contributed by atoms with Gasteiger partial charge in [0.15, 0.2) is 5.16 Å². The third-order valence-electron chi connectivity index (χ3n) is 4.81. The summed E-state index contributed by atoms with van der Waals surface area (Å²) < 4.78 is 6.96. The molecule has 0 radical (unpaired) electrons. The largest absolute Gasteiger partial charge is 0.449 e. The van der Waals surface area contributed by atoms with Crippen LogP contribution >= 0.6 is 11.8 Å². The highest BCUT2D eigenvalue weighted by molar-refractivity contribution is 7.99. The lowest BCUT2D eigenvalue weighted by Gasteiger charge is -2.17. The van der Waals surface area contributed by atoms with Crippen molar-refractivity contribution in [2.45, 2.75) is 32.9 Å². The van der Waals surface area contributed by atoms with Crippen molar-refractivity contribution < 1.29 is 14.3 Å². The maximum Gasteiger partial charge on any atom is 0.413 e. The molecule has 0 aliphatic heterocycles. The van der Waals surface area contributed by atoms with E-state index in [0.717, 1.165) is 22.6 Å². The summed E-state index contributed by atoms with van der Waals surface area (Å²) in [5.74, 6) is 0.797. The second-order valence-corrected chi connectivity index (χ2v) is 8.24. The van der Waals surface area contributed by atoms with Crippen LogP contribution in [0.1, 0.15) is 23.9 Å². The van der Waals surface area contributed by atoms with Gasteiger partial charge in [0.05, 0.1) is 18.0 Å². The number of anilines is 2. The van der Waals surface area contributed by atoms with Crippen molar-refractivity contribution in [3.63, 3.8) is 0 Å². The molecule has 2 amide bonds. The minimum Gasteiger partial charge on any atom is -0.449 e. The first-order valence-corrected chi connectivity index (χ1v) is 11.2. The van der Waals surface area contributed by atoms with Crippen molar-refractivity contribution in [3.05, 3.63) is 59.4 Å². The molecule has 1 N–H and O–H groups in total. The highest BCUT2D eigenvalue weighted by atomic mass is 32.2. The fraction of sp³-hybridized carbons (Fsp3) is 0.304. The Hall–Kier alpha value is -3.33. The van der Waals surface area contributed by atoms with E-state index in [9.17, 15) is 9.59 Å². The minimum atomic E-state index is -0.427.